The van der Waals surface area contributed by atoms with E-state index in [1.807, 2.05) is 0 Å². The molecule has 1 heterocycles. The van der Waals surface area contributed by atoms with Crippen LogP contribution in [0.5, 0.6) is 5.75 Å². The quantitative estimate of drug-likeness (QED) is 0.731. The average Bonchev–Trinajstić information content (AvgIpc) is 2.25. The minimum atomic E-state index is -0.546. The summed E-state index contributed by atoms with van der Waals surface area (Å²) in [6.07, 6.45) is 2.82. The minimum absolute atomic E-state index is 0.0239. The van der Waals surface area contributed by atoms with Crippen molar-refractivity contribution >= 4 is 6.21 Å². The summed E-state index contributed by atoms with van der Waals surface area (Å²) >= 11 is 0. The molecule has 0 saturated heterocycles. The summed E-state index contributed by atoms with van der Waals surface area (Å²) < 4.78 is 11.8. The second kappa shape index (κ2) is 5.41. The largest absolute Gasteiger partial charge is 0.505 e. The van der Waals surface area contributed by atoms with Gasteiger partial charge < -0.3 is 10.2 Å². The van der Waals surface area contributed by atoms with E-state index < -0.39 is 6.67 Å². The van der Waals surface area contributed by atoms with E-state index in [9.17, 15) is 9.50 Å². The number of halogens is 1. The zero-order valence-electron chi connectivity index (χ0n) is 8.44. The van der Waals surface area contributed by atoms with Gasteiger partial charge >= 0.3 is 0 Å². The number of hydrogen-bond donors (Lipinski definition) is 2. The molecule has 82 valence electrons. The zero-order chi connectivity index (χ0) is 11.3. The van der Waals surface area contributed by atoms with Crippen molar-refractivity contribution in [2.75, 3.05) is 13.2 Å². The predicted octanol–water partition coefficient (Wildman–Crippen LogP) is 0.976. The Labute approximate surface area is 87.1 Å². The molecular formula is C10H13FN2O2. The number of aliphatic imine (C=N–C) groups is 1. The number of aliphatic hydroxyl groups excluding tert-OH is 1. The number of aliphatic hydroxyl groups is 1. The molecule has 4 nitrogen and oxygen atoms in total. The average molecular weight is 212 g/mol. The van der Waals surface area contributed by atoms with E-state index in [1.54, 1.807) is 6.92 Å². The van der Waals surface area contributed by atoms with Crippen LogP contribution < -0.4 is 0 Å². The molecule has 0 atom stereocenters. The second-order valence-corrected chi connectivity index (χ2v) is 3.01. The third-order valence-electron chi connectivity index (χ3n) is 1.96. The summed E-state index contributed by atoms with van der Waals surface area (Å²) in [4.78, 5) is 7.66. The van der Waals surface area contributed by atoms with Crippen LogP contribution in [0.3, 0.4) is 0 Å². The van der Waals surface area contributed by atoms with E-state index in [4.69, 9.17) is 5.11 Å². The molecule has 5 heteroatoms. The molecule has 2 N–H and O–H groups in total. The summed E-state index contributed by atoms with van der Waals surface area (Å²) in [5.74, 6) is -0.0239. The van der Waals surface area contributed by atoms with Crippen molar-refractivity contribution < 1.29 is 14.6 Å². The molecule has 0 fully saturated rings. The normalized spacial score (nSPS) is 11.1. The topological polar surface area (TPSA) is 65.7 Å². The Balaban J connectivity index is 3.06. The molecule has 15 heavy (non-hydrogen) atoms. The van der Waals surface area contributed by atoms with Crippen LogP contribution in [0.15, 0.2) is 11.2 Å². The summed E-state index contributed by atoms with van der Waals surface area (Å²) in [6.45, 7) is 0.905. The Morgan fingerprint density at radius 3 is 2.93 bits per heavy atom. The molecule has 1 aromatic rings. The van der Waals surface area contributed by atoms with Gasteiger partial charge in [0.1, 0.15) is 12.4 Å². The number of aryl methyl sites for hydroxylation is 1. The van der Waals surface area contributed by atoms with Crippen molar-refractivity contribution in [1.29, 1.82) is 0 Å². The fourth-order valence-electron chi connectivity index (χ4n) is 1.13. The Bertz CT molecular complexity index is 367. The molecule has 0 aromatic carbocycles. The lowest BCUT2D eigenvalue weighted by Crippen LogP contribution is -1.98. The molecule has 0 saturated carbocycles. The van der Waals surface area contributed by atoms with E-state index in [2.05, 4.69) is 9.98 Å². The first kappa shape index (κ1) is 11.6. The van der Waals surface area contributed by atoms with E-state index in [0.29, 0.717) is 16.8 Å². The number of aromatic hydroxyl groups is 1. The molecule has 0 amide bonds. The maximum Gasteiger partial charge on any atom is 0.145 e. The number of hydrogen-bond acceptors (Lipinski definition) is 4. The van der Waals surface area contributed by atoms with Crippen molar-refractivity contribution in [3.05, 3.63) is 23.0 Å². The summed E-state index contributed by atoms with van der Waals surface area (Å²) in [5.41, 5.74) is 1.33. The van der Waals surface area contributed by atoms with Crippen LogP contribution in [-0.2, 0) is 6.61 Å². The molecule has 0 aliphatic rings. The second-order valence-electron chi connectivity index (χ2n) is 3.01. The van der Waals surface area contributed by atoms with Gasteiger partial charge in [0.2, 0.25) is 0 Å². The third kappa shape index (κ3) is 2.73. The highest BCUT2D eigenvalue weighted by Gasteiger charge is 2.08. The Morgan fingerprint density at radius 2 is 2.33 bits per heavy atom. The van der Waals surface area contributed by atoms with E-state index in [1.165, 1.54) is 12.4 Å². The predicted molar refractivity (Wildman–Crippen MR) is 55.0 cm³/mol. The van der Waals surface area contributed by atoms with Gasteiger partial charge in [0.25, 0.3) is 0 Å². The summed E-state index contributed by atoms with van der Waals surface area (Å²) in [5, 5.41) is 18.7. The minimum Gasteiger partial charge on any atom is -0.505 e. The molecule has 0 aliphatic carbocycles. The van der Waals surface area contributed by atoms with E-state index in [0.717, 1.165) is 0 Å². The molecule has 0 radical (unpaired) electrons. The maximum absolute atomic E-state index is 11.8. The number of alkyl halides is 1. The molecule has 1 rings (SSSR count). The van der Waals surface area contributed by atoms with Gasteiger partial charge in [-0.1, -0.05) is 0 Å². The van der Waals surface area contributed by atoms with Gasteiger partial charge in [-0.15, -0.1) is 0 Å². The fraction of sp³-hybridized carbons (Fsp3) is 0.400. The lowest BCUT2D eigenvalue weighted by Gasteiger charge is -2.06. The first-order chi connectivity index (χ1) is 7.20. The first-order valence-electron chi connectivity index (χ1n) is 4.54. The fourth-order valence-corrected chi connectivity index (χ4v) is 1.13. The van der Waals surface area contributed by atoms with Crippen LogP contribution in [0.25, 0.3) is 0 Å². The Kier molecular flexibility index (Phi) is 4.17. The molecule has 0 unspecified atom stereocenters. The van der Waals surface area contributed by atoms with Crippen LogP contribution in [0.4, 0.5) is 4.39 Å². The summed E-state index contributed by atoms with van der Waals surface area (Å²) in [6, 6.07) is 0. The zero-order valence-corrected chi connectivity index (χ0v) is 8.44. The van der Waals surface area contributed by atoms with Crippen LogP contribution in [0.2, 0.25) is 0 Å². The van der Waals surface area contributed by atoms with Gasteiger partial charge in [0.15, 0.2) is 0 Å². The smallest absolute Gasteiger partial charge is 0.145 e. The number of rotatable bonds is 4. The lowest BCUT2D eigenvalue weighted by molar-refractivity contribution is 0.280. The standard InChI is InChI=1S/C10H13FN2O2/c1-7-10(15)9(5-12-3-2-11)8(6-14)4-13-7/h4-5,14-15H,2-3,6H2,1H3. The highest BCUT2D eigenvalue weighted by molar-refractivity contribution is 5.85. The van der Waals surface area contributed by atoms with Crippen molar-refractivity contribution in [2.45, 2.75) is 13.5 Å². The van der Waals surface area contributed by atoms with E-state index >= 15 is 0 Å². The number of pyridine rings is 1. The van der Waals surface area contributed by atoms with Crippen molar-refractivity contribution in [3.63, 3.8) is 0 Å². The molecular weight excluding hydrogens is 199 g/mol. The van der Waals surface area contributed by atoms with Crippen LogP contribution in [0.1, 0.15) is 16.8 Å². The molecule has 1 aromatic heterocycles. The van der Waals surface area contributed by atoms with Gasteiger partial charge in [0, 0.05) is 23.5 Å². The first-order valence-corrected chi connectivity index (χ1v) is 4.54. The van der Waals surface area contributed by atoms with Crippen molar-refractivity contribution in [2.24, 2.45) is 4.99 Å². The van der Waals surface area contributed by atoms with Crippen LogP contribution >= 0.6 is 0 Å². The van der Waals surface area contributed by atoms with Crippen molar-refractivity contribution in [1.82, 2.24) is 4.98 Å². The van der Waals surface area contributed by atoms with Gasteiger partial charge in [-0.2, -0.15) is 0 Å². The molecule has 0 aliphatic heterocycles. The SMILES string of the molecule is Cc1ncc(CO)c(C=NCCF)c1O. The highest BCUT2D eigenvalue weighted by Crippen LogP contribution is 2.21. The monoisotopic (exact) mass is 212 g/mol. The summed E-state index contributed by atoms with van der Waals surface area (Å²) in [7, 11) is 0. The molecule has 0 bridgehead atoms. The Hall–Kier alpha value is -1.49. The van der Waals surface area contributed by atoms with Gasteiger partial charge in [-0.05, 0) is 6.92 Å². The van der Waals surface area contributed by atoms with Crippen LogP contribution in [0, 0.1) is 6.92 Å². The highest BCUT2D eigenvalue weighted by atomic mass is 19.1. The third-order valence-corrected chi connectivity index (χ3v) is 1.96. The van der Waals surface area contributed by atoms with Crippen LogP contribution in [-0.4, -0.2) is 34.6 Å². The maximum atomic E-state index is 11.8. The van der Waals surface area contributed by atoms with Gasteiger partial charge in [-0.3, -0.25) is 9.98 Å². The van der Waals surface area contributed by atoms with Gasteiger partial charge in [0.05, 0.1) is 18.8 Å². The number of aromatic nitrogens is 1. The van der Waals surface area contributed by atoms with Gasteiger partial charge in [-0.25, -0.2) is 4.39 Å². The Morgan fingerprint density at radius 1 is 1.60 bits per heavy atom. The van der Waals surface area contributed by atoms with E-state index in [-0.39, 0.29) is 18.9 Å². The number of nitrogens with zero attached hydrogens (tertiary/aromatic N) is 2. The molecule has 0 spiro atoms. The lowest BCUT2D eigenvalue weighted by atomic mass is 10.1. The van der Waals surface area contributed by atoms with Crippen molar-refractivity contribution in [3.8, 4) is 5.75 Å².